The molecule has 0 aromatic rings. The van der Waals surface area contributed by atoms with Gasteiger partial charge in [-0.2, -0.15) is 0 Å². The number of ether oxygens (including phenoxy) is 1. The normalized spacial score (nSPS) is 16.8. The smallest absolute Gasteiger partial charge is 0.236 e. The summed E-state index contributed by atoms with van der Waals surface area (Å²) in [6.45, 7) is 9.73. The number of rotatable bonds is 6. The van der Waals surface area contributed by atoms with Crippen LogP contribution in [0, 0.1) is 0 Å². The van der Waals surface area contributed by atoms with E-state index in [-0.39, 0.29) is 5.91 Å². The highest BCUT2D eigenvalue weighted by Gasteiger charge is 2.18. The monoisotopic (exact) mass is 228 g/mol. The van der Waals surface area contributed by atoms with Crippen LogP contribution < -0.4 is 0 Å². The maximum absolute atomic E-state index is 12.0. The highest BCUT2D eigenvalue weighted by molar-refractivity contribution is 5.78. The van der Waals surface area contributed by atoms with Gasteiger partial charge in [0.05, 0.1) is 19.8 Å². The van der Waals surface area contributed by atoms with E-state index in [0.29, 0.717) is 19.8 Å². The van der Waals surface area contributed by atoms with Gasteiger partial charge >= 0.3 is 0 Å². The average Bonchev–Trinajstić information content (AvgIpc) is 2.35. The number of hydrogen-bond donors (Lipinski definition) is 0. The van der Waals surface area contributed by atoms with Gasteiger partial charge < -0.3 is 9.64 Å². The Hall–Kier alpha value is -0.610. The second kappa shape index (κ2) is 7.63. The zero-order chi connectivity index (χ0) is 11.8. The predicted octanol–water partition coefficient (Wildman–Crippen LogP) is 0.967. The quantitative estimate of drug-likeness (QED) is 0.679. The van der Waals surface area contributed by atoms with Crippen LogP contribution >= 0.6 is 0 Å². The molecule has 0 aromatic heterocycles. The summed E-state index contributed by atoms with van der Waals surface area (Å²) in [5.74, 6) is 0.251. The standard InChI is InChI=1S/C12H24N2O2/c1-3-5-6-13(4-2)11-12(15)14-7-9-16-10-8-14/h3-11H2,1-2H3. The molecular formula is C12H24N2O2. The highest BCUT2D eigenvalue weighted by atomic mass is 16.5. The van der Waals surface area contributed by atoms with E-state index in [1.165, 1.54) is 12.8 Å². The lowest BCUT2D eigenvalue weighted by atomic mass is 10.3. The van der Waals surface area contributed by atoms with E-state index in [2.05, 4.69) is 18.7 Å². The van der Waals surface area contributed by atoms with Crippen LogP contribution in [0.2, 0.25) is 0 Å². The van der Waals surface area contributed by atoms with Crippen LogP contribution in [0.25, 0.3) is 0 Å². The van der Waals surface area contributed by atoms with Crippen molar-refractivity contribution in [2.24, 2.45) is 0 Å². The first kappa shape index (κ1) is 13.5. The molecular weight excluding hydrogens is 204 g/mol. The molecule has 0 spiro atoms. The lowest BCUT2D eigenvalue weighted by Gasteiger charge is -2.29. The Labute approximate surface area is 98.5 Å². The molecule has 16 heavy (non-hydrogen) atoms. The van der Waals surface area contributed by atoms with E-state index in [9.17, 15) is 4.79 Å². The molecule has 1 rings (SSSR count). The van der Waals surface area contributed by atoms with Gasteiger partial charge in [-0.05, 0) is 19.5 Å². The molecule has 0 radical (unpaired) electrons. The molecule has 0 N–H and O–H groups in total. The van der Waals surface area contributed by atoms with Crippen LogP contribution in [0.1, 0.15) is 26.7 Å². The molecule has 0 unspecified atom stereocenters. The number of hydrogen-bond acceptors (Lipinski definition) is 3. The van der Waals surface area contributed by atoms with Gasteiger partial charge in [0, 0.05) is 13.1 Å². The summed E-state index contributed by atoms with van der Waals surface area (Å²) in [5.41, 5.74) is 0. The Morgan fingerprint density at radius 2 is 2.00 bits per heavy atom. The summed E-state index contributed by atoms with van der Waals surface area (Å²) in [5, 5.41) is 0. The molecule has 1 aliphatic heterocycles. The fourth-order valence-electron chi connectivity index (χ4n) is 1.83. The van der Waals surface area contributed by atoms with Crippen molar-refractivity contribution in [3.63, 3.8) is 0 Å². The topological polar surface area (TPSA) is 32.8 Å². The van der Waals surface area contributed by atoms with Crippen LogP contribution in [-0.4, -0.2) is 61.6 Å². The van der Waals surface area contributed by atoms with Crippen molar-refractivity contribution < 1.29 is 9.53 Å². The second-order valence-electron chi connectivity index (χ2n) is 4.22. The maximum Gasteiger partial charge on any atom is 0.236 e. The zero-order valence-corrected chi connectivity index (χ0v) is 10.6. The molecule has 94 valence electrons. The van der Waals surface area contributed by atoms with E-state index in [1.54, 1.807) is 0 Å². The van der Waals surface area contributed by atoms with E-state index < -0.39 is 0 Å². The van der Waals surface area contributed by atoms with E-state index >= 15 is 0 Å². The fraction of sp³-hybridized carbons (Fsp3) is 0.917. The first-order valence-electron chi connectivity index (χ1n) is 6.35. The molecule has 4 heteroatoms. The molecule has 1 heterocycles. The minimum Gasteiger partial charge on any atom is -0.378 e. The van der Waals surface area contributed by atoms with Crippen molar-refractivity contribution in [1.82, 2.24) is 9.80 Å². The lowest BCUT2D eigenvalue weighted by Crippen LogP contribution is -2.45. The van der Waals surface area contributed by atoms with Crippen LogP contribution in [-0.2, 0) is 9.53 Å². The minimum atomic E-state index is 0.251. The summed E-state index contributed by atoms with van der Waals surface area (Å²) in [6.07, 6.45) is 2.35. The molecule has 1 aliphatic rings. The third-order valence-electron chi connectivity index (χ3n) is 3.00. The number of carbonyl (C=O) groups excluding carboxylic acids is 1. The number of carbonyl (C=O) groups is 1. The van der Waals surface area contributed by atoms with Crippen molar-refractivity contribution in [1.29, 1.82) is 0 Å². The molecule has 0 atom stereocenters. The van der Waals surface area contributed by atoms with Gasteiger partial charge in [0.2, 0.25) is 5.91 Å². The van der Waals surface area contributed by atoms with Gasteiger partial charge in [-0.25, -0.2) is 0 Å². The van der Waals surface area contributed by atoms with Gasteiger partial charge in [-0.3, -0.25) is 9.69 Å². The summed E-state index contributed by atoms with van der Waals surface area (Å²) in [4.78, 5) is 16.1. The van der Waals surface area contributed by atoms with Crippen molar-refractivity contribution in [3.8, 4) is 0 Å². The number of likely N-dealkylation sites (N-methyl/N-ethyl adjacent to an activating group) is 1. The largest absolute Gasteiger partial charge is 0.378 e. The van der Waals surface area contributed by atoms with Gasteiger partial charge in [0.25, 0.3) is 0 Å². The summed E-state index contributed by atoms with van der Waals surface area (Å²) in [7, 11) is 0. The van der Waals surface area contributed by atoms with Gasteiger partial charge in [-0.15, -0.1) is 0 Å². The summed E-state index contributed by atoms with van der Waals surface area (Å²) >= 11 is 0. The third-order valence-corrected chi connectivity index (χ3v) is 3.00. The van der Waals surface area contributed by atoms with Crippen molar-refractivity contribution in [2.75, 3.05) is 45.9 Å². The average molecular weight is 228 g/mol. The van der Waals surface area contributed by atoms with Gasteiger partial charge in [0.1, 0.15) is 0 Å². The van der Waals surface area contributed by atoms with Gasteiger partial charge in [-0.1, -0.05) is 20.3 Å². The molecule has 1 amide bonds. The third kappa shape index (κ3) is 4.49. The number of morpholine rings is 1. The first-order chi connectivity index (χ1) is 7.77. The van der Waals surface area contributed by atoms with Crippen LogP contribution in [0.3, 0.4) is 0 Å². The molecule has 0 aliphatic carbocycles. The Bertz CT molecular complexity index is 203. The van der Waals surface area contributed by atoms with Crippen LogP contribution in [0.5, 0.6) is 0 Å². The molecule has 1 saturated heterocycles. The van der Waals surface area contributed by atoms with E-state index in [4.69, 9.17) is 4.74 Å². The Balaban J connectivity index is 2.29. The molecule has 0 saturated carbocycles. The maximum atomic E-state index is 12.0. The van der Waals surface area contributed by atoms with Crippen LogP contribution in [0.15, 0.2) is 0 Å². The lowest BCUT2D eigenvalue weighted by molar-refractivity contribution is -0.136. The Morgan fingerprint density at radius 3 is 2.56 bits per heavy atom. The first-order valence-corrected chi connectivity index (χ1v) is 6.35. The van der Waals surface area contributed by atoms with E-state index in [1.807, 2.05) is 4.90 Å². The summed E-state index contributed by atoms with van der Waals surface area (Å²) < 4.78 is 5.24. The second-order valence-corrected chi connectivity index (χ2v) is 4.22. The van der Waals surface area contributed by atoms with E-state index in [0.717, 1.165) is 26.2 Å². The van der Waals surface area contributed by atoms with Crippen molar-refractivity contribution in [3.05, 3.63) is 0 Å². The van der Waals surface area contributed by atoms with Crippen molar-refractivity contribution in [2.45, 2.75) is 26.7 Å². The Morgan fingerprint density at radius 1 is 1.31 bits per heavy atom. The fourth-order valence-corrected chi connectivity index (χ4v) is 1.83. The number of nitrogens with zero attached hydrogens (tertiary/aromatic N) is 2. The molecule has 0 bridgehead atoms. The molecule has 4 nitrogen and oxygen atoms in total. The van der Waals surface area contributed by atoms with Crippen molar-refractivity contribution >= 4 is 5.91 Å². The van der Waals surface area contributed by atoms with Gasteiger partial charge in [0.15, 0.2) is 0 Å². The number of amides is 1. The SMILES string of the molecule is CCCCN(CC)CC(=O)N1CCOCC1. The molecule has 1 fully saturated rings. The van der Waals surface area contributed by atoms with Crippen LogP contribution in [0.4, 0.5) is 0 Å². The highest BCUT2D eigenvalue weighted by Crippen LogP contribution is 2.01. The predicted molar refractivity (Wildman–Crippen MR) is 64.4 cm³/mol. The Kier molecular flexibility index (Phi) is 6.42. The zero-order valence-electron chi connectivity index (χ0n) is 10.6. The molecule has 0 aromatic carbocycles. The number of unbranched alkanes of at least 4 members (excludes halogenated alkanes) is 1. The summed E-state index contributed by atoms with van der Waals surface area (Å²) in [6, 6.07) is 0. The minimum absolute atomic E-state index is 0.251.